The van der Waals surface area contributed by atoms with Gasteiger partial charge in [0.2, 0.25) is 5.91 Å². The number of nitrogens with one attached hydrogen (secondary N) is 1. The highest BCUT2D eigenvalue weighted by molar-refractivity contribution is 6.32. The van der Waals surface area contributed by atoms with E-state index in [0.717, 1.165) is 42.7 Å². The molecule has 27 heavy (non-hydrogen) atoms. The number of amides is 1. The molecule has 0 unspecified atom stereocenters. The van der Waals surface area contributed by atoms with Crippen molar-refractivity contribution in [1.29, 1.82) is 0 Å². The van der Waals surface area contributed by atoms with Gasteiger partial charge in [0.1, 0.15) is 17.5 Å². The average molecular weight is 386 g/mol. The van der Waals surface area contributed by atoms with Crippen molar-refractivity contribution >= 4 is 35.2 Å². The van der Waals surface area contributed by atoms with E-state index in [4.69, 9.17) is 11.6 Å². The molecule has 7 heteroatoms. The number of aromatic nitrogens is 2. The summed E-state index contributed by atoms with van der Waals surface area (Å²) in [5.74, 6) is 2.48. The van der Waals surface area contributed by atoms with Crippen LogP contribution in [0.1, 0.15) is 18.3 Å². The van der Waals surface area contributed by atoms with E-state index in [1.54, 1.807) is 12.2 Å². The summed E-state index contributed by atoms with van der Waals surface area (Å²) >= 11 is 6.13. The maximum absolute atomic E-state index is 12.5. The van der Waals surface area contributed by atoms with Crippen LogP contribution in [0.3, 0.4) is 0 Å². The Balaban J connectivity index is 1.60. The zero-order chi connectivity index (χ0) is 19.2. The van der Waals surface area contributed by atoms with Crippen LogP contribution in [-0.2, 0) is 4.79 Å². The van der Waals surface area contributed by atoms with Crippen LogP contribution >= 0.6 is 11.6 Å². The fourth-order valence-corrected chi connectivity index (χ4v) is 3.22. The molecular formula is C20H24ClN5O. The maximum Gasteiger partial charge on any atom is 0.246 e. The maximum atomic E-state index is 12.5. The van der Waals surface area contributed by atoms with Crippen LogP contribution in [0.2, 0.25) is 5.02 Å². The number of halogens is 1. The highest BCUT2D eigenvalue weighted by Crippen LogP contribution is 2.19. The molecule has 0 aliphatic carbocycles. The predicted molar refractivity (Wildman–Crippen MR) is 110 cm³/mol. The van der Waals surface area contributed by atoms with Crippen molar-refractivity contribution in [3.8, 4) is 0 Å². The second-order valence-electron chi connectivity index (χ2n) is 6.36. The SMILES string of the molecule is CCNc1cc(N2CCN(C(=O)/C=C/c3ccccc3Cl)CC2)nc(C)n1. The summed E-state index contributed by atoms with van der Waals surface area (Å²) in [7, 11) is 0. The Morgan fingerprint density at radius 2 is 1.96 bits per heavy atom. The van der Waals surface area contributed by atoms with Crippen molar-refractivity contribution in [3.05, 3.63) is 52.8 Å². The molecule has 0 saturated carbocycles. The molecule has 1 aliphatic rings. The topological polar surface area (TPSA) is 61.4 Å². The summed E-state index contributed by atoms with van der Waals surface area (Å²) in [5, 5.41) is 3.87. The van der Waals surface area contributed by atoms with E-state index in [1.807, 2.05) is 49.1 Å². The third-order valence-corrected chi connectivity index (χ3v) is 4.75. The van der Waals surface area contributed by atoms with Crippen LogP contribution in [0.25, 0.3) is 6.08 Å². The molecule has 0 radical (unpaired) electrons. The first-order valence-electron chi connectivity index (χ1n) is 9.13. The smallest absolute Gasteiger partial charge is 0.246 e. The fourth-order valence-electron chi connectivity index (χ4n) is 3.02. The minimum Gasteiger partial charge on any atom is -0.370 e. The number of nitrogens with zero attached hydrogens (tertiary/aromatic N) is 4. The number of anilines is 2. The Morgan fingerprint density at radius 1 is 1.22 bits per heavy atom. The van der Waals surface area contributed by atoms with Crippen LogP contribution in [0, 0.1) is 6.92 Å². The van der Waals surface area contributed by atoms with E-state index in [1.165, 1.54) is 0 Å². The first-order valence-corrected chi connectivity index (χ1v) is 9.50. The minimum atomic E-state index is 0.00164. The van der Waals surface area contributed by atoms with Crippen LogP contribution in [0.15, 0.2) is 36.4 Å². The third-order valence-electron chi connectivity index (χ3n) is 4.41. The van der Waals surface area contributed by atoms with Crippen molar-refractivity contribution in [2.45, 2.75) is 13.8 Å². The van der Waals surface area contributed by atoms with Crippen LogP contribution < -0.4 is 10.2 Å². The van der Waals surface area contributed by atoms with E-state index in [2.05, 4.69) is 20.2 Å². The molecule has 1 aromatic carbocycles. The highest BCUT2D eigenvalue weighted by atomic mass is 35.5. The molecule has 2 heterocycles. The molecule has 1 saturated heterocycles. The Labute approximate surface area is 164 Å². The normalized spacial score (nSPS) is 14.6. The number of rotatable bonds is 5. The summed E-state index contributed by atoms with van der Waals surface area (Å²) < 4.78 is 0. The number of hydrogen-bond acceptors (Lipinski definition) is 5. The number of benzene rings is 1. The first kappa shape index (κ1) is 19.2. The predicted octanol–water partition coefficient (Wildman–Crippen LogP) is 3.23. The summed E-state index contributed by atoms with van der Waals surface area (Å²) in [5.41, 5.74) is 0.846. The summed E-state index contributed by atoms with van der Waals surface area (Å²) in [6, 6.07) is 9.45. The minimum absolute atomic E-state index is 0.00164. The van der Waals surface area contributed by atoms with E-state index in [9.17, 15) is 4.79 Å². The van der Waals surface area contributed by atoms with E-state index < -0.39 is 0 Å². The van der Waals surface area contributed by atoms with Gasteiger partial charge in [-0.25, -0.2) is 9.97 Å². The van der Waals surface area contributed by atoms with Gasteiger partial charge in [-0.15, -0.1) is 0 Å². The van der Waals surface area contributed by atoms with Crippen molar-refractivity contribution in [2.75, 3.05) is 42.9 Å². The monoisotopic (exact) mass is 385 g/mol. The molecule has 1 aliphatic heterocycles. The van der Waals surface area contributed by atoms with Crippen molar-refractivity contribution < 1.29 is 4.79 Å². The van der Waals surface area contributed by atoms with Gasteiger partial charge >= 0.3 is 0 Å². The number of carbonyl (C=O) groups is 1. The Bertz CT molecular complexity index is 831. The fraction of sp³-hybridized carbons (Fsp3) is 0.350. The molecule has 3 rings (SSSR count). The van der Waals surface area contributed by atoms with Gasteiger partial charge in [-0.2, -0.15) is 0 Å². The molecule has 1 N–H and O–H groups in total. The molecule has 6 nitrogen and oxygen atoms in total. The summed E-state index contributed by atoms with van der Waals surface area (Å²) in [6.45, 7) is 7.55. The molecule has 1 fully saturated rings. The van der Waals surface area contributed by atoms with Crippen LogP contribution in [0.5, 0.6) is 0 Å². The average Bonchev–Trinajstić information content (AvgIpc) is 2.67. The lowest BCUT2D eigenvalue weighted by Crippen LogP contribution is -2.48. The van der Waals surface area contributed by atoms with Crippen LogP contribution in [0.4, 0.5) is 11.6 Å². The van der Waals surface area contributed by atoms with E-state index >= 15 is 0 Å². The molecule has 1 aromatic heterocycles. The first-order chi connectivity index (χ1) is 13.1. The lowest BCUT2D eigenvalue weighted by atomic mass is 10.2. The van der Waals surface area contributed by atoms with E-state index in [-0.39, 0.29) is 5.91 Å². The largest absolute Gasteiger partial charge is 0.370 e. The van der Waals surface area contributed by atoms with Gasteiger partial charge in [0.25, 0.3) is 0 Å². The zero-order valence-electron chi connectivity index (χ0n) is 15.7. The second kappa shape index (κ2) is 8.86. The molecule has 1 amide bonds. The van der Waals surface area contributed by atoms with Gasteiger partial charge in [0, 0.05) is 49.9 Å². The van der Waals surface area contributed by atoms with Crippen molar-refractivity contribution in [2.24, 2.45) is 0 Å². The lowest BCUT2D eigenvalue weighted by molar-refractivity contribution is -0.126. The van der Waals surface area contributed by atoms with Gasteiger partial charge in [0.05, 0.1) is 0 Å². The van der Waals surface area contributed by atoms with Gasteiger partial charge in [-0.05, 0) is 31.6 Å². The van der Waals surface area contributed by atoms with Crippen LogP contribution in [-0.4, -0.2) is 53.5 Å². The Kier molecular flexibility index (Phi) is 6.29. The second-order valence-corrected chi connectivity index (χ2v) is 6.76. The third kappa shape index (κ3) is 4.98. The van der Waals surface area contributed by atoms with Gasteiger partial charge < -0.3 is 15.1 Å². The number of carbonyl (C=O) groups excluding carboxylic acids is 1. The number of piperazine rings is 1. The van der Waals surface area contributed by atoms with Gasteiger partial charge in [-0.1, -0.05) is 29.8 Å². The molecule has 142 valence electrons. The van der Waals surface area contributed by atoms with E-state index in [0.29, 0.717) is 18.1 Å². The molecule has 0 atom stereocenters. The Hall–Kier alpha value is -2.60. The standard InChI is InChI=1S/C20H24ClN5O/c1-3-22-18-14-19(24-15(2)23-18)25-10-12-26(13-11-25)20(27)9-8-16-6-4-5-7-17(16)21/h4-9,14H,3,10-13H2,1-2H3,(H,22,23,24)/b9-8+. The summed E-state index contributed by atoms with van der Waals surface area (Å²) in [4.78, 5) is 25.4. The Morgan fingerprint density at radius 3 is 2.67 bits per heavy atom. The van der Waals surface area contributed by atoms with Crippen molar-refractivity contribution in [3.63, 3.8) is 0 Å². The quantitative estimate of drug-likeness (QED) is 0.800. The molecule has 0 bridgehead atoms. The lowest BCUT2D eigenvalue weighted by Gasteiger charge is -2.35. The highest BCUT2D eigenvalue weighted by Gasteiger charge is 2.21. The number of hydrogen-bond donors (Lipinski definition) is 1. The molecule has 0 spiro atoms. The molecular weight excluding hydrogens is 362 g/mol. The van der Waals surface area contributed by atoms with Gasteiger partial charge in [0.15, 0.2) is 0 Å². The van der Waals surface area contributed by atoms with Crippen molar-refractivity contribution in [1.82, 2.24) is 14.9 Å². The zero-order valence-corrected chi connectivity index (χ0v) is 16.4. The molecule has 2 aromatic rings. The summed E-state index contributed by atoms with van der Waals surface area (Å²) in [6.07, 6.45) is 3.36. The van der Waals surface area contributed by atoms with Gasteiger partial charge in [-0.3, -0.25) is 4.79 Å². The number of aryl methyl sites for hydroxylation is 1.